The van der Waals surface area contributed by atoms with Gasteiger partial charge in [0, 0.05) is 41.7 Å². The van der Waals surface area contributed by atoms with Crippen molar-refractivity contribution >= 4 is 38.3 Å². The first-order chi connectivity index (χ1) is 11.4. The molecule has 0 spiro atoms. The number of rotatable bonds is 5. The number of amides is 2. The molecule has 8 heteroatoms. The van der Waals surface area contributed by atoms with E-state index in [1.165, 1.54) is 12.1 Å². The predicted molar refractivity (Wildman–Crippen MR) is 89.4 cm³/mol. The van der Waals surface area contributed by atoms with E-state index in [9.17, 15) is 18.0 Å². The van der Waals surface area contributed by atoms with Gasteiger partial charge >= 0.3 is 0 Å². The summed E-state index contributed by atoms with van der Waals surface area (Å²) in [6.07, 6.45) is 2.31. The van der Waals surface area contributed by atoms with Gasteiger partial charge < -0.3 is 5.73 Å². The molecule has 2 aromatic rings. The van der Waals surface area contributed by atoms with Gasteiger partial charge in [-0.25, -0.2) is 13.1 Å². The molecule has 0 bridgehead atoms. The van der Waals surface area contributed by atoms with E-state index in [0.29, 0.717) is 16.5 Å². The Morgan fingerprint density at radius 1 is 0.958 bits per heavy atom. The quantitative estimate of drug-likeness (QED) is 0.610. The lowest BCUT2D eigenvalue weighted by molar-refractivity contribution is -0.136. The summed E-state index contributed by atoms with van der Waals surface area (Å²) in [7, 11) is -3.81. The van der Waals surface area contributed by atoms with Crippen molar-refractivity contribution in [3.05, 3.63) is 48.6 Å². The van der Waals surface area contributed by atoms with Crippen LogP contribution in [0.15, 0.2) is 53.4 Å². The Morgan fingerprint density at radius 3 is 2.25 bits per heavy atom. The summed E-state index contributed by atoms with van der Waals surface area (Å²) in [6, 6.07) is 9.91. The number of nitrogens with zero attached hydrogens (tertiary/aromatic N) is 1. The van der Waals surface area contributed by atoms with Crippen LogP contribution in [0.5, 0.6) is 0 Å². The number of nitrogens with one attached hydrogen (secondary N) is 1. The highest BCUT2D eigenvalue weighted by Gasteiger charge is 2.24. The first kappa shape index (κ1) is 16.2. The molecule has 0 atom stereocenters. The SMILES string of the molecule is Nc1ccc(S(=O)(=O)NCCN2C(=O)C=CC2=O)c2ccccc12. The number of benzene rings is 2. The third-order valence-corrected chi connectivity index (χ3v) is 5.25. The number of nitrogen functional groups attached to an aromatic ring is 1. The molecule has 7 nitrogen and oxygen atoms in total. The molecule has 0 radical (unpaired) electrons. The van der Waals surface area contributed by atoms with Crippen molar-refractivity contribution in [1.82, 2.24) is 9.62 Å². The minimum Gasteiger partial charge on any atom is -0.398 e. The number of fused-ring (bicyclic) bond motifs is 1. The number of anilines is 1. The van der Waals surface area contributed by atoms with E-state index < -0.39 is 21.8 Å². The van der Waals surface area contributed by atoms with Crippen LogP contribution in [0.4, 0.5) is 5.69 Å². The van der Waals surface area contributed by atoms with Gasteiger partial charge in [-0.15, -0.1) is 0 Å². The van der Waals surface area contributed by atoms with Crippen molar-refractivity contribution in [3.8, 4) is 0 Å². The van der Waals surface area contributed by atoms with Crippen molar-refractivity contribution < 1.29 is 18.0 Å². The fraction of sp³-hybridized carbons (Fsp3) is 0.125. The Balaban J connectivity index is 1.80. The van der Waals surface area contributed by atoms with Crippen LogP contribution < -0.4 is 10.5 Å². The van der Waals surface area contributed by atoms with E-state index in [-0.39, 0.29) is 18.0 Å². The van der Waals surface area contributed by atoms with Crippen molar-refractivity contribution in [2.45, 2.75) is 4.90 Å². The van der Waals surface area contributed by atoms with Gasteiger partial charge in [-0.2, -0.15) is 0 Å². The first-order valence-electron chi connectivity index (χ1n) is 7.20. The Hall–Kier alpha value is -2.71. The van der Waals surface area contributed by atoms with E-state index in [2.05, 4.69) is 4.72 Å². The number of hydrogen-bond donors (Lipinski definition) is 2. The lowest BCUT2D eigenvalue weighted by atomic mass is 10.1. The summed E-state index contributed by atoms with van der Waals surface area (Å²) in [5.41, 5.74) is 6.37. The number of imide groups is 1. The fourth-order valence-electron chi connectivity index (χ4n) is 2.55. The molecule has 0 saturated heterocycles. The Bertz CT molecular complexity index is 948. The fourth-order valence-corrected chi connectivity index (χ4v) is 3.78. The Labute approximate surface area is 138 Å². The van der Waals surface area contributed by atoms with E-state index in [4.69, 9.17) is 5.73 Å². The van der Waals surface area contributed by atoms with Gasteiger partial charge in [-0.3, -0.25) is 14.5 Å². The van der Waals surface area contributed by atoms with E-state index in [1.807, 2.05) is 0 Å². The molecule has 24 heavy (non-hydrogen) atoms. The molecular formula is C16H15N3O4S. The molecule has 2 aromatic carbocycles. The van der Waals surface area contributed by atoms with Gasteiger partial charge in [-0.05, 0) is 12.1 Å². The molecule has 0 unspecified atom stereocenters. The highest BCUT2D eigenvalue weighted by molar-refractivity contribution is 7.89. The highest BCUT2D eigenvalue weighted by atomic mass is 32.2. The average Bonchev–Trinajstić information content (AvgIpc) is 2.87. The minimum absolute atomic E-state index is 0.0310. The minimum atomic E-state index is -3.81. The predicted octanol–water partition coefficient (Wildman–Crippen LogP) is 0.625. The zero-order chi connectivity index (χ0) is 17.3. The van der Waals surface area contributed by atoms with Gasteiger partial charge in [-0.1, -0.05) is 24.3 Å². The van der Waals surface area contributed by atoms with Crippen molar-refractivity contribution in [1.29, 1.82) is 0 Å². The van der Waals surface area contributed by atoms with Crippen LogP contribution in [0.3, 0.4) is 0 Å². The summed E-state index contributed by atoms with van der Waals surface area (Å²) >= 11 is 0. The van der Waals surface area contributed by atoms with Crippen molar-refractivity contribution in [2.24, 2.45) is 0 Å². The molecule has 0 aliphatic carbocycles. The maximum absolute atomic E-state index is 12.5. The third kappa shape index (κ3) is 2.89. The van der Waals surface area contributed by atoms with Crippen LogP contribution in [0, 0.1) is 0 Å². The zero-order valence-electron chi connectivity index (χ0n) is 12.6. The topological polar surface area (TPSA) is 110 Å². The second kappa shape index (κ2) is 6.06. The van der Waals surface area contributed by atoms with Crippen molar-refractivity contribution in [2.75, 3.05) is 18.8 Å². The van der Waals surface area contributed by atoms with Gasteiger partial charge in [0.05, 0.1) is 4.90 Å². The van der Waals surface area contributed by atoms with Gasteiger partial charge in [0.15, 0.2) is 0 Å². The van der Waals surface area contributed by atoms with Crippen molar-refractivity contribution in [3.63, 3.8) is 0 Å². The Kier molecular flexibility index (Phi) is 4.08. The smallest absolute Gasteiger partial charge is 0.253 e. The molecule has 1 aliphatic heterocycles. The van der Waals surface area contributed by atoms with Gasteiger partial charge in [0.25, 0.3) is 11.8 Å². The molecule has 3 rings (SSSR count). The third-order valence-electron chi connectivity index (χ3n) is 3.74. The molecule has 1 aliphatic rings. The van der Waals surface area contributed by atoms with Crippen LogP contribution in [-0.4, -0.2) is 38.2 Å². The van der Waals surface area contributed by atoms with E-state index in [1.54, 1.807) is 24.3 Å². The summed E-state index contributed by atoms with van der Waals surface area (Å²) < 4.78 is 27.5. The maximum Gasteiger partial charge on any atom is 0.253 e. The van der Waals surface area contributed by atoms with Crippen LogP contribution in [0.25, 0.3) is 10.8 Å². The number of hydrogen-bond acceptors (Lipinski definition) is 5. The lowest BCUT2D eigenvalue weighted by Gasteiger charge is -2.15. The molecule has 3 N–H and O–H groups in total. The summed E-state index contributed by atoms with van der Waals surface area (Å²) in [5, 5.41) is 1.16. The number of carbonyl (C=O) groups is 2. The van der Waals surface area contributed by atoms with Crippen LogP contribution in [0.1, 0.15) is 0 Å². The normalized spacial score (nSPS) is 14.8. The van der Waals surface area contributed by atoms with Gasteiger partial charge in [0.1, 0.15) is 0 Å². The zero-order valence-corrected chi connectivity index (χ0v) is 13.4. The number of nitrogens with two attached hydrogens (primary N) is 1. The average molecular weight is 345 g/mol. The maximum atomic E-state index is 12.5. The molecule has 0 fully saturated rings. The number of carbonyl (C=O) groups excluding carboxylic acids is 2. The monoisotopic (exact) mass is 345 g/mol. The number of sulfonamides is 1. The molecular weight excluding hydrogens is 330 g/mol. The van der Waals surface area contributed by atoms with Gasteiger partial charge in [0.2, 0.25) is 10.0 Å². The second-order valence-electron chi connectivity index (χ2n) is 5.26. The first-order valence-corrected chi connectivity index (χ1v) is 8.69. The van der Waals surface area contributed by atoms with Crippen LogP contribution in [0.2, 0.25) is 0 Å². The standard InChI is InChI=1S/C16H15N3O4S/c17-13-5-6-14(12-4-2-1-3-11(12)13)24(22,23)18-9-10-19-15(20)7-8-16(19)21/h1-8,18H,9-10,17H2. The molecule has 124 valence electrons. The summed E-state index contributed by atoms with van der Waals surface area (Å²) in [5.74, 6) is -0.894. The van der Waals surface area contributed by atoms with Crippen LogP contribution in [-0.2, 0) is 19.6 Å². The van der Waals surface area contributed by atoms with E-state index in [0.717, 1.165) is 17.1 Å². The summed E-state index contributed by atoms with van der Waals surface area (Å²) in [6.45, 7) is -0.100. The molecule has 1 heterocycles. The van der Waals surface area contributed by atoms with E-state index >= 15 is 0 Å². The Morgan fingerprint density at radius 2 is 1.58 bits per heavy atom. The molecule has 0 aromatic heterocycles. The lowest BCUT2D eigenvalue weighted by Crippen LogP contribution is -2.38. The molecule has 0 saturated carbocycles. The summed E-state index contributed by atoms with van der Waals surface area (Å²) in [4.78, 5) is 24.0. The van der Waals surface area contributed by atoms with Crippen LogP contribution >= 0.6 is 0 Å². The molecule has 2 amide bonds. The highest BCUT2D eigenvalue weighted by Crippen LogP contribution is 2.27. The second-order valence-corrected chi connectivity index (χ2v) is 6.99. The largest absolute Gasteiger partial charge is 0.398 e.